The van der Waals surface area contributed by atoms with Crippen LogP contribution in [0.2, 0.25) is 0 Å². The summed E-state index contributed by atoms with van der Waals surface area (Å²) in [6.07, 6.45) is 0.587. The van der Waals surface area contributed by atoms with E-state index < -0.39 is 35.7 Å². The van der Waals surface area contributed by atoms with Crippen LogP contribution >= 0.6 is 12.6 Å². The average Bonchev–Trinajstić information content (AvgIpc) is 3.27. The number of amidine groups is 1. The molecule has 0 radical (unpaired) electrons. The van der Waals surface area contributed by atoms with Crippen molar-refractivity contribution in [1.82, 2.24) is 10.2 Å². The fourth-order valence-corrected chi connectivity index (χ4v) is 4.47. The van der Waals surface area contributed by atoms with Crippen LogP contribution in [0, 0.1) is 0 Å². The maximum absolute atomic E-state index is 11.4. The monoisotopic (exact) mass is 447 g/mol. The Bertz CT molecular complexity index is 867. The van der Waals surface area contributed by atoms with Gasteiger partial charge in [0.25, 0.3) is 0 Å². The van der Waals surface area contributed by atoms with E-state index >= 15 is 0 Å². The number of nitrogens with zero attached hydrogens (tertiary/aromatic N) is 4. The van der Waals surface area contributed by atoms with Crippen LogP contribution in [0.15, 0.2) is 45.3 Å². The second-order valence-electron chi connectivity index (χ2n) is 7.97. The molecule has 4 N–H and O–H groups in total. The first-order valence-electron chi connectivity index (χ1n) is 10.6. The minimum absolute atomic E-state index is 0.245. The van der Waals surface area contributed by atoms with Crippen LogP contribution in [-0.4, -0.2) is 87.0 Å². The molecule has 2 unspecified atom stereocenters. The van der Waals surface area contributed by atoms with Crippen molar-refractivity contribution in [3.8, 4) is 0 Å². The SMILES string of the molecule is CCCCNC1N=C2C(=NC=NC2(O)Cc2ccccc2)N1[C@@H]1O[C@H](CO)[C@@H](O)[C@H]1S. The van der Waals surface area contributed by atoms with Gasteiger partial charge in [0.15, 0.2) is 12.1 Å². The van der Waals surface area contributed by atoms with Crippen LogP contribution in [0.1, 0.15) is 25.3 Å². The van der Waals surface area contributed by atoms with Gasteiger partial charge in [-0.2, -0.15) is 12.6 Å². The van der Waals surface area contributed by atoms with Gasteiger partial charge in [-0.1, -0.05) is 43.7 Å². The summed E-state index contributed by atoms with van der Waals surface area (Å²) in [5, 5.41) is 34.2. The Balaban J connectivity index is 1.65. The van der Waals surface area contributed by atoms with Gasteiger partial charge in [-0.15, -0.1) is 0 Å². The summed E-state index contributed by atoms with van der Waals surface area (Å²) in [7, 11) is 0. The number of hydrogen-bond donors (Lipinski definition) is 5. The van der Waals surface area contributed by atoms with Crippen molar-refractivity contribution < 1.29 is 20.1 Å². The number of rotatable bonds is 8. The summed E-state index contributed by atoms with van der Waals surface area (Å²) in [6, 6.07) is 9.59. The molecule has 1 aromatic carbocycles. The van der Waals surface area contributed by atoms with Crippen molar-refractivity contribution in [2.45, 2.75) is 61.9 Å². The van der Waals surface area contributed by atoms with Crippen LogP contribution in [0.5, 0.6) is 0 Å². The first-order valence-corrected chi connectivity index (χ1v) is 11.1. The molecule has 10 heteroatoms. The number of ether oxygens (including phenoxy) is 1. The van der Waals surface area contributed by atoms with Gasteiger partial charge in [0.05, 0.1) is 18.0 Å². The lowest BCUT2D eigenvalue weighted by molar-refractivity contribution is -0.0668. The Morgan fingerprint density at radius 3 is 2.74 bits per heavy atom. The van der Waals surface area contributed by atoms with Crippen LogP contribution in [-0.2, 0) is 11.2 Å². The largest absolute Gasteiger partial charge is 0.394 e. The molecule has 0 saturated carbocycles. The molecular weight excluding hydrogens is 418 g/mol. The van der Waals surface area contributed by atoms with E-state index in [2.05, 4.69) is 34.9 Å². The molecule has 0 aliphatic carbocycles. The van der Waals surface area contributed by atoms with E-state index in [0.717, 1.165) is 18.4 Å². The van der Waals surface area contributed by atoms with E-state index in [1.54, 1.807) is 4.90 Å². The predicted molar refractivity (Wildman–Crippen MR) is 122 cm³/mol. The van der Waals surface area contributed by atoms with Crippen molar-refractivity contribution in [3.63, 3.8) is 0 Å². The molecule has 6 atom stereocenters. The Kier molecular flexibility index (Phi) is 6.75. The molecule has 0 aromatic heterocycles. The van der Waals surface area contributed by atoms with E-state index in [9.17, 15) is 15.3 Å². The molecule has 0 bridgehead atoms. The highest BCUT2D eigenvalue weighted by atomic mass is 32.1. The van der Waals surface area contributed by atoms with E-state index in [4.69, 9.17) is 9.73 Å². The van der Waals surface area contributed by atoms with Gasteiger partial charge in [-0.05, 0) is 18.5 Å². The molecule has 4 rings (SSSR count). The smallest absolute Gasteiger partial charge is 0.208 e. The highest BCUT2D eigenvalue weighted by Crippen LogP contribution is 2.34. The van der Waals surface area contributed by atoms with Crippen molar-refractivity contribution in [2.24, 2.45) is 15.0 Å². The summed E-state index contributed by atoms with van der Waals surface area (Å²) in [6.45, 7) is 2.48. The van der Waals surface area contributed by atoms with Gasteiger partial charge in [-0.3, -0.25) is 10.2 Å². The molecule has 0 spiro atoms. The van der Waals surface area contributed by atoms with Gasteiger partial charge < -0.3 is 20.1 Å². The molecule has 9 nitrogen and oxygen atoms in total. The number of hydrogen-bond acceptors (Lipinski definition) is 10. The van der Waals surface area contributed by atoms with E-state index in [-0.39, 0.29) is 13.0 Å². The minimum Gasteiger partial charge on any atom is -0.394 e. The Morgan fingerprint density at radius 1 is 1.29 bits per heavy atom. The summed E-state index contributed by atoms with van der Waals surface area (Å²) >= 11 is 4.54. The van der Waals surface area contributed by atoms with Gasteiger partial charge in [-0.25, -0.2) is 15.0 Å². The Labute approximate surface area is 187 Å². The number of thiol groups is 1. The van der Waals surface area contributed by atoms with Gasteiger partial charge in [0, 0.05) is 6.42 Å². The van der Waals surface area contributed by atoms with Crippen LogP contribution in [0.4, 0.5) is 0 Å². The van der Waals surface area contributed by atoms with Crippen molar-refractivity contribution in [2.75, 3.05) is 13.2 Å². The topological polar surface area (TPSA) is 122 Å². The van der Waals surface area contributed by atoms with E-state index in [0.29, 0.717) is 18.1 Å². The third kappa shape index (κ3) is 4.28. The lowest BCUT2D eigenvalue weighted by atomic mass is 9.97. The van der Waals surface area contributed by atoms with Gasteiger partial charge >= 0.3 is 0 Å². The van der Waals surface area contributed by atoms with Crippen LogP contribution in [0.25, 0.3) is 0 Å². The number of benzene rings is 1. The van der Waals surface area contributed by atoms with Crippen molar-refractivity contribution in [3.05, 3.63) is 35.9 Å². The zero-order chi connectivity index (χ0) is 22.0. The lowest BCUT2D eigenvalue weighted by Crippen LogP contribution is -2.56. The molecule has 168 valence electrons. The Morgan fingerprint density at radius 2 is 2.06 bits per heavy atom. The molecule has 0 amide bonds. The minimum atomic E-state index is -1.57. The quantitative estimate of drug-likeness (QED) is 0.286. The van der Waals surface area contributed by atoms with Crippen molar-refractivity contribution >= 4 is 30.5 Å². The molecular formula is C21H29N5O4S. The number of aliphatic hydroxyl groups excluding tert-OH is 2. The van der Waals surface area contributed by atoms with Crippen molar-refractivity contribution in [1.29, 1.82) is 0 Å². The molecule has 1 fully saturated rings. The third-order valence-electron chi connectivity index (χ3n) is 5.74. The zero-order valence-electron chi connectivity index (χ0n) is 17.4. The Hall–Kier alpha value is -1.82. The van der Waals surface area contributed by atoms with Crippen LogP contribution < -0.4 is 5.32 Å². The fourth-order valence-electron chi connectivity index (χ4n) is 4.06. The highest BCUT2D eigenvalue weighted by molar-refractivity contribution is 7.81. The second-order valence-corrected chi connectivity index (χ2v) is 8.57. The zero-order valence-corrected chi connectivity index (χ0v) is 18.3. The first-order chi connectivity index (χ1) is 15.0. The van der Waals surface area contributed by atoms with E-state index in [1.165, 1.54) is 6.34 Å². The van der Waals surface area contributed by atoms with Crippen LogP contribution in [0.3, 0.4) is 0 Å². The summed E-state index contributed by atoms with van der Waals surface area (Å²) < 4.78 is 5.92. The normalized spacial score (nSPS) is 34.6. The number of fused-ring (bicyclic) bond motifs is 1. The fraction of sp³-hybridized carbons (Fsp3) is 0.571. The number of aliphatic imine (C=N–C) groups is 3. The molecule has 31 heavy (non-hydrogen) atoms. The summed E-state index contributed by atoms with van der Waals surface area (Å²) in [5.74, 6) is 0.428. The number of nitrogens with one attached hydrogen (secondary N) is 1. The van der Waals surface area contributed by atoms with Gasteiger partial charge in [0.2, 0.25) is 5.72 Å². The van der Waals surface area contributed by atoms with Gasteiger partial charge in [0.1, 0.15) is 24.4 Å². The molecule has 1 saturated heterocycles. The second kappa shape index (κ2) is 9.35. The summed E-state index contributed by atoms with van der Waals surface area (Å²) in [5.41, 5.74) is -0.309. The summed E-state index contributed by atoms with van der Waals surface area (Å²) in [4.78, 5) is 15.2. The number of aliphatic hydroxyl groups is 3. The number of unbranched alkanes of at least 4 members (excludes halogenated alkanes) is 1. The molecule has 3 heterocycles. The highest BCUT2D eigenvalue weighted by Gasteiger charge is 2.53. The molecule has 3 aliphatic rings. The maximum Gasteiger partial charge on any atom is 0.208 e. The molecule has 3 aliphatic heterocycles. The molecule has 1 aromatic rings. The average molecular weight is 448 g/mol. The first kappa shape index (κ1) is 22.4. The predicted octanol–water partition coefficient (Wildman–Crippen LogP) is 0.165. The maximum atomic E-state index is 11.4. The standard InChI is InChI=1S/C21H29N5O4S/c1-2-3-9-22-20-25-17-18(26(20)19-16(31)15(28)14(11-27)30-19)23-12-24-21(17,29)10-13-7-5-4-6-8-13/h4-8,12,14-16,19-20,22,27-29,31H,2-3,9-11H2,1H3/t14-,15-,16-,19-,20?,21?/m1/s1. The third-order valence-corrected chi connectivity index (χ3v) is 6.30. The lowest BCUT2D eigenvalue weighted by Gasteiger charge is -2.35. The van der Waals surface area contributed by atoms with E-state index in [1.807, 2.05) is 30.3 Å².